The van der Waals surface area contributed by atoms with Gasteiger partial charge in [0.1, 0.15) is 5.75 Å². The van der Waals surface area contributed by atoms with Crippen LogP contribution in [0.3, 0.4) is 0 Å². The Morgan fingerprint density at radius 1 is 1.21 bits per heavy atom. The van der Waals surface area contributed by atoms with E-state index in [0.717, 1.165) is 0 Å². The first-order valence-corrected chi connectivity index (χ1v) is 10.7. The van der Waals surface area contributed by atoms with Gasteiger partial charge in [-0.15, -0.1) is 0 Å². The summed E-state index contributed by atoms with van der Waals surface area (Å²) in [6, 6.07) is 11.1. The summed E-state index contributed by atoms with van der Waals surface area (Å²) in [5, 5.41) is 24.6. The Bertz CT molecular complexity index is 1020. The number of carbonyl (C=O) groups excluding carboxylic acids is 1. The van der Waals surface area contributed by atoms with Crippen molar-refractivity contribution in [2.24, 2.45) is 5.41 Å². The van der Waals surface area contributed by atoms with Crippen LogP contribution in [0.5, 0.6) is 5.75 Å². The van der Waals surface area contributed by atoms with E-state index in [4.69, 9.17) is 10.00 Å². The van der Waals surface area contributed by atoms with Crippen LogP contribution in [0.4, 0.5) is 15.3 Å². The van der Waals surface area contributed by atoms with Gasteiger partial charge in [-0.3, -0.25) is 4.98 Å². The highest BCUT2D eigenvalue weighted by Gasteiger charge is 2.47. The van der Waals surface area contributed by atoms with Crippen molar-refractivity contribution in [2.45, 2.75) is 45.2 Å². The molecule has 0 aliphatic carbocycles. The van der Waals surface area contributed by atoms with Gasteiger partial charge in [-0.25, -0.2) is 9.59 Å². The van der Waals surface area contributed by atoms with E-state index in [0.29, 0.717) is 35.7 Å². The second kappa shape index (κ2) is 9.77. The molecule has 0 radical (unpaired) electrons. The SMILES string of the molecule is COc1ccc(C2C(NC(=O)Nc3ccc(C#N)cc3)CCN(C(=O)O)C2C(C)(C)C)nc1. The van der Waals surface area contributed by atoms with E-state index in [1.807, 2.05) is 32.9 Å². The Labute approximate surface area is 193 Å². The number of carbonyl (C=O) groups is 2. The molecule has 2 aromatic rings. The molecule has 1 saturated heterocycles. The largest absolute Gasteiger partial charge is 0.495 e. The highest BCUT2D eigenvalue weighted by molar-refractivity contribution is 5.89. The van der Waals surface area contributed by atoms with Crippen LogP contribution in [0.25, 0.3) is 0 Å². The molecule has 3 unspecified atom stereocenters. The van der Waals surface area contributed by atoms with E-state index in [2.05, 4.69) is 15.6 Å². The van der Waals surface area contributed by atoms with Gasteiger partial charge in [-0.2, -0.15) is 5.26 Å². The third-order valence-corrected chi connectivity index (χ3v) is 5.85. The molecule has 0 saturated carbocycles. The van der Waals surface area contributed by atoms with Gasteiger partial charge in [0.25, 0.3) is 0 Å². The number of rotatable bonds is 4. The Morgan fingerprint density at radius 2 is 1.91 bits per heavy atom. The topological polar surface area (TPSA) is 128 Å². The minimum absolute atomic E-state index is 0.297. The molecule has 33 heavy (non-hydrogen) atoms. The lowest BCUT2D eigenvalue weighted by Gasteiger charge is -2.49. The van der Waals surface area contributed by atoms with Crippen LogP contribution in [0, 0.1) is 16.7 Å². The molecule has 1 aliphatic heterocycles. The third-order valence-electron chi connectivity index (χ3n) is 5.85. The number of ether oxygens (including phenoxy) is 1. The number of hydrogen-bond acceptors (Lipinski definition) is 5. The molecule has 0 bridgehead atoms. The molecule has 2 heterocycles. The minimum Gasteiger partial charge on any atom is -0.495 e. The van der Waals surface area contributed by atoms with Gasteiger partial charge in [0, 0.05) is 29.9 Å². The number of likely N-dealkylation sites (tertiary alicyclic amines) is 1. The molecule has 9 heteroatoms. The van der Waals surface area contributed by atoms with E-state index in [-0.39, 0.29) is 12.0 Å². The monoisotopic (exact) mass is 451 g/mol. The Morgan fingerprint density at radius 3 is 2.42 bits per heavy atom. The van der Waals surface area contributed by atoms with Crippen molar-refractivity contribution in [3.63, 3.8) is 0 Å². The first kappa shape index (κ1) is 23.9. The van der Waals surface area contributed by atoms with Crippen LogP contribution in [0.1, 0.15) is 44.4 Å². The van der Waals surface area contributed by atoms with Gasteiger partial charge in [0.05, 0.1) is 31.0 Å². The predicted molar refractivity (Wildman–Crippen MR) is 123 cm³/mol. The van der Waals surface area contributed by atoms with Crippen LogP contribution >= 0.6 is 0 Å². The van der Waals surface area contributed by atoms with E-state index >= 15 is 0 Å². The normalized spacial score (nSPS) is 20.5. The number of urea groups is 1. The molecule has 174 valence electrons. The maximum absolute atomic E-state index is 12.8. The van der Waals surface area contributed by atoms with Crippen molar-refractivity contribution in [2.75, 3.05) is 19.0 Å². The standard InChI is InChI=1S/C24H29N5O4/c1-24(2,3)21-20(18-10-9-17(33-4)14-26-18)19(11-12-29(21)23(31)32)28-22(30)27-16-7-5-15(13-25)6-8-16/h5-10,14,19-21H,11-12H2,1-4H3,(H,31,32)(H2,27,28,30). The second-order valence-electron chi connectivity index (χ2n) is 9.12. The maximum atomic E-state index is 12.8. The van der Waals surface area contributed by atoms with Gasteiger partial charge in [0.2, 0.25) is 0 Å². The molecule has 1 fully saturated rings. The lowest BCUT2D eigenvalue weighted by Crippen LogP contribution is -2.61. The number of nitrogens with one attached hydrogen (secondary N) is 2. The van der Waals surface area contributed by atoms with Crippen LogP contribution in [-0.4, -0.2) is 52.9 Å². The van der Waals surface area contributed by atoms with Crippen molar-refractivity contribution < 1.29 is 19.4 Å². The number of nitriles is 1. The zero-order valence-electron chi connectivity index (χ0n) is 19.2. The summed E-state index contributed by atoms with van der Waals surface area (Å²) >= 11 is 0. The highest BCUT2D eigenvalue weighted by atomic mass is 16.5. The van der Waals surface area contributed by atoms with Crippen molar-refractivity contribution in [3.8, 4) is 11.8 Å². The molecule has 3 N–H and O–H groups in total. The summed E-state index contributed by atoms with van der Waals surface area (Å²) in [5.41, 5.74) is 1.33. The van der Waals surface area contributed by atoms with E-state index in [9.17, 15) is 14.7 Å². The molecule has 3 rings (SSSR count). The second-order valence-corrected chi connectivity index (χ2v) is 9.12. The molecule has 3 atom stereocenters. The molecular weight excluding hydrogens is 422 g/mol. The molecule has 0 spiro atoms. The number of anilines is 1. The van der Waals surface area contributed by atoms with Gasteiger partial charge < -0.3 is 25.4 Å². The van der Waals surface area contributed by atoms with Gasteiger partial charge in [-0.05, 0) is 48.2 Å². The predicted octanol–water partition coefficient (Wildman–Crippen LogP) is 4.03. The van der Waals surface area contributed by atoms with Crippen molar-refractivity contribution in [1.29, 1.82) is 5.26 Å². The van der Waals surface area contributed by atoms with Crippen LogP contribution < -0.4 is 15.4 Å². The first-order chi connectivity index (χ1) is 15.6. The number of piperidine rings is 1. The lowest BCUT2D eigenvalue weighted by molar-refractivity contribution is 0.0335. The average Bonchev–Trinajstić information content (AvgIpc) is 2.78. The lowest BCUT2D eigenvalue weighted by atomic mass is 9.70. The summed E-state index contributed by atoms with van der Waals surface area (Å²) in [6.07, 6.45) is 1.05. The number of benzene rings is 1. The first-order valence-electron chi connectivity index (χ1n) is 10.7. The molecule has 9 nitrogen and oxygen atoms in total. The van der Waals surface area contributed by atoms with Crippen LogP contribution in [-0.2, 0) is 0 Å². The molecule has 1 aliphatic rings. The van der Waals surface area contributed by atoms with E-state index < -0.39 is 23.6 Å². The fraction of sp³-hybridized carbons (Fsp3) is 0.417. The molecule has 1 aromatic heterocycles. The quantitative estimate of drug-likeness (QED) is 0.644. The fourth-order valence-electron chi connectivity index (χ4n) is 4.43. The number of methoxy groups -OCH3 is 1. The fourth-order valence-corrected chi connectivity index (χ4v) is 4.43. The van der Waals surface area contributed by atoms with E-state index in [1.54, 1.807) is 43.6 Å². The van der Waals surface area contributed by atoms with Crippen molar-refractivity contribution >= 4 is 17.8 Å². The highest BCUT2D eigenvalue weighted by Crippen LogP contribution is 2.41. The van der Waals surface area contributed by atoms with E-state index in [1.165, 1.54) is 4.90 Å². The van der Waals surface area contributed by atoms with Gasteiger partial charge in [-0.1, -0.05) is 20.8 Å². The maximum Gasteiger partial charge on any atom is 0.407 e. The third kappa shape index (κ3) is 5.52. The average molecular weight is 452 g/mol. The van der Waals surface area contributed by atoms with Crippen molar-refractivity contribution in [3.05, 3.63) is 53.9 Å². The minimum atomic E-state index is -0.992. The summed E-state index contributed by atoms with van der Waals surface area (Å²) in [6.45, 7) is 6.27. The number of carboxylic acid groups (broad SMARTS) is 1. The smallest absolute Gasteiger partial charge is 0.407 e. The zero-order valence-corrected chi connectivity index (χ0v) is 19.2. The zero-order chi connectivity index (χ0) is 24.2. The van der Waals surface area contributed by atoms with Gasteiger partial charge in [0.15, 0.2) is 0 Å². The van der Waals surface area contributed by atoms with Crippen LogP contribution in [0.2, 0.25) is 0 Å². The summed E-state index contributed by atoms with van der Waals surface area (Å²) in [7, 11) is 1.55. The Hall–Kier alpha value is -3.80. The Balaban J connectivity index is 1.90. The summed E-state index contributed by atoms with van der Waals surface area (Å²) in [4.78, 5) is 30.9. The summed E-state index contributed by atoms with van der Waals surface area (Å²) in [5.74, 6) is 0.229. The number of hydrogen-bond donors (Lipinski definition) is 3. The van der Waals surface area contributed by atoms with Crippen LogP contribution in [0.15, 0.2) is 42.6 Å². The number of pyridine rings is 1. The molecular formula is C24H29N5O4. The number of nitrogens with zero attached hydrogens (tertiary/aromatic N) is 3. The number of aromatic nitrogens is 1. The Kier molecular flexibility index (Phi) is 7.07. The molecule has 1 aromatic carbocycles. The summed E-state index contributed by atoms with van der Waals surface area (Å²) < 4.78 is 5.22. The molecule has 3 amide bonds. The van der Waals surface area contributed by atoms with Crippen molar-refractivity contribution in [1.82, 2.24) is 15.2 Å². The number of amides is 3. The van der Waals surface area contributed by atoms with Gasteiger partial charge >= 0.3 is 12.1 Å².